The Morgan fingerprint density at radius 2 is 1.25 bits per heavy atom. The summed E-state index contributed by atoms with van der Waals surface area (Å²) in [6.07, 6.45) is 2.92. The number of carbonyl (C=O) groups is 1. The Bertz CT molecular complexity index is 1030. The molecule has 4 nitrogen and oxygen atoms in total. The second-order valence-corrected chi connectivity index (χ2v) is 9.72. The zero-order chi connectivity index (χ0) is 23.4. The van der Waals surface area contributed by atoms with Gasteiger partial charge in [0, 0.05) is 26.2 Å². The molecule has 1 N–H and O–H groups in total. The molecule has 3 aromatic rings. The average molecular weight is 528 g/mol. The fourth-order valence-electron chi connectivity index (χ4n) is 5.53. The lowest BCUT2D eigenvalue weighted by Crippen LogP contribution is -2.54. The third kappa shape index (κ3) is 5.85. The number of benzene rings is 3. The van der Waals surface area contributed by atoms with E-state index in [1.54, 1.807) is 0 Å². The van der Waals surface area contributed by atoms with E-state index in [4.69, 9.17) is 0 Å². The molecule has 5 rings (SSSR count). The second-order valence-electron chi connectivity index (χ2n) is 9.72. The summed E-state index contributed by atoms with van der Waals surface area (Å²) in [5.74, 6) is -0.0243. The van der Waals surface area contributed by atoms with Crippen LogP contribution in [0.15, 0.2) is 91.0 Å². The summed E-state index contributed by atoms with van der Waals surface area (Å²) in [4.78, 5) is 18.3. The number of hydrogen-bond donors (Lipinski definition) is 1. The molecule has 36 heavy (non-hydrogen) atoms. The van der Waals surface area contributed by atoms with E-state index >= 15 is 0 Å². The van der Waals surface area contributed by atoms with Gasteiger partial charge in [-0.1, -0.05) is 97.4 Å². The van der Waals surface area contributed by atoms with Gasteiger partial charge in [-0.15, -0.1) is 24.8 Å². The van der Waals surface area contributed by atoms with Crippen molar-refractivity contribution in [2.45, 2.75) is 30.9 Å². The number of carbonyl (C=O) groups excluding carboxylic acids is 1. The van der Waals surface area contributed by atoms with Crippen LogP contribution in [0.25, 0.3) is 0 Å². The van der Waals surface area contributed by atoms with Gasteiger partial charge in [-0.05, 0) is 35.4 Å². The van der Waals surface area contributed by atoms with Crippen molar-refractivity contribution in [1.29, 1.82) is 0 Å². The molecule has 1 heterocycles. The maximum atomic E-state index is 13.5. The molecule has 2 aliphatic rings. The van der Waals surface area contributed by atoms with Gasteiger partial charge in [0.25, 0.3) is 0 Å². The van der Waals surface area contributed by atoms with Crippen molar-refractivity contribution in [1.82, 2.24) is 9.80 Å². The lowest BCUT2D eigenvalue weighted by Gasteiger charge is -2.43. The van der Waals surface area contributed by atoms with Crippen LogP contribution in [0.5, 0.6) is 0 Å². The van der Waals surface area contributed by atoms with Gasteiger partial charge in [0.05, 0.1) is 12.6 Å². The van der Waals surface area contributed by atoms with E-state index in [0.29, 0.717) is 6.54 Å². The van der Waals surface area contributed by atoms with Gasteiger partial charge in [0.15, 0.2) is 11.4 Å². The van der Waals surface area contributed by atoms with Crippen molar-refractivity contribution in [2.75, 3.05) is 32.7 Å². The summed E-state index contributed by atoms with van der Waals surface area (Å²) in [6.45, 7) is 3.70. The molecule has 1 aliphatic heterocycles. The minimum Gasteiger partial charge on any atom is -0.377 e. The third-order valence-corrected chi connectivity index (χ3v) is 7.70. The van der Waals surface area contributed by atoms with Crippen LogP contribution in [0.1, 0.15) is 42.0 Å². The smallest absolute Gasteiger partial charge is 0.183 e. The molecule has 1 saturated heterocycles. The molecule has 1 atom stereocenters. The highest BCUT2D eigenvalue weighted by atomic mass is 35.5. The van der Waals surface area contributed by atoms with Crippen LogP contribution < -0.4 is 0 Å². The quantitative estimate of drug-likeness (QED) is 0.421. The first-order valence-electron chi connectivity index (χ1n) is 12.5. The van der Waals surface area contributed by atoms with E-state index in [1.807, 2.05) is 30.3 Å². The predicted molar refractivity (Wildman–Crippen MR) is 150 cm³/mol. The molecule has 3 aromatic carbocycles. The van der Waals surface area contributed by atoms with Crippen molar-refractivity contribution in [3.05, 3.63) is 108 Å². The van der Waals surface area contributed by atoms with Crippen LogP contribution in [-0.4, -0.2) is 53.4 Å². The van der Waals surface area contributed by atoms with Crippen molar-refractivity contribution in [2.24, 2.45) is 5.92 Å². The SMILES string of the molecule is Cl.Cl.O=C(CN1CCN(C(c2ccccc2)c2ccccc2)CC1)C(O)(c1ccccc1)C1CCC1. The summed E-state index contributed by atoms with van der Waals surface area (Å²) >= 11 is 0. The number of halogens is 2. The maximum absolute atomic E-state index is 13.5. The van der Waals surface area contributed by atoms with Crippen molar-refractivity contribution in [3.63, 3.8) is 0 Å². The Morgan fingerprint density at radius 1 is 0.778 bits per heavy atom. The number of piperazine rings is 1. The minimum absolute atomic E-state index is 0. The van der Waals surface area contributed by atoms with Crippen LogP contribution in [-0.2, 0) is 10.4 Å². The molecule has 1 unspecified atom stereocenters. The van der Waals surface area contributed by atoms with Crippen LogP contribution in [0.4, 0.5) is 0 Å². The lowest BCUT2D eigenvalue weighted by molar-refractivity contribution is -0.151. The van der Waals surface area contributed by atoms with E-state index in [-0.39, 0.29) is 42.6 Å². The predicted octanol–water partition coefficient (Wildman–Crippen LogP) is 5.49. The third-order valence-electron chi connectivity index (χ3n) is 7.70. The molecule has 1 aliphatic carbocycles. The fraction of sp³-hybridized carbons (Fsp3) is 0.367. The summed E-state index contributed by atoms with van der Waals surface area (Å²) in [7, 11) is 0. The Kier molecular flexibility index (Phi) is 10.1. The van der Waals surface area contributed by atoms with Gasteiger partial charge in [-0.2, -0.15) is 0 Å². The van der Waals surface area contributed by atoms with Crippen LogP contribution in [0, 0.1) is 5.92 Å². The normalized spacial score (nSPS) is 18.4. The Morgan fingerprint density at radius 3 is 1.69 bits per heavy atom. The number of nitrogens with zero attached hydrogens (tertiary/aromatic N) is 2. The largest absolute Gasteiger partial charge is 0.377 e. The van der Waals surface area contributed by atoms with Crippen LogP contribution in [0.3, 0.4) is 0 Å². The zero-order valence-corrected chi connectivity index (χ0v) is 22.2. The summed E-state index contributed by atoms with van der Waals surface area (Å²) < 4.78 is 0. The Hall–Kier alpha value is -2.21. The number of Topliss-reactive ketones (excluding diaryl/α,β-unsaturated/α-hetero) is 1. The number of hydrogen-bond acceptors (Lipinski definition) is 4. The molecule has 0 bridgehead atoms. The van der Waals surface area contributed by atoms with Crippen LogP contribution >= 0.6 is 24.8 Å². The monoisotopic (exact) mass is 526 g/mol. The molecule has 192 valence electrons. The summed E-state index contributed by atoms with van der Waals surface area (Å²) in [5.41, 5.74) is 1.97. The molecule has 2 fully saturated rings. The first-order valence-corrected chi connectivity index (χ1v) is 12.5. The van der Waals surface area contributed by atoms with E-state index in [1.165, 1.54) is 11.1 Å². The molecular formula is C30H36Cl2N2O2. The molecule has 0 amide bonds. The molecule has 0 spiro atoms. The number of aliphatic hydroxyl groups is 1. The molecule has 1 saturated carbocycles. The second kappa shape index (κ2) is 12.8. The van der Waals surface area contributed by atoms with Crippen LogP contribution in [0.2, 0.25) is 0 Å². The molecular weight excluding hydrogens is 491 g/mol. The van der Waals surface area contributed by atoms with Gasteiger partial charge in [0.1, 0.15) is 0 Å². The van der Waals surface area contributed by atoms with Gasteiger partial charge < -0.3 is 5.11 Å². The maximum Gasteiger partial charge on any atom is 0.183 e. The zero-order valence-electron chi connectivity index (χ0n) is 20.5. The Balaban J connectivity index is 0.00000180. The van der Waals surface area contributed by atoms with Gasteiger partial charge in [-0.25, -0.2) is 0 Å². The average Bonchev–Trinajstić information content (AvgIpc) is 2.86. The molecule has 0 aromatic heterocycles. The minimum atomic E-state index is -1.37. The highest BCUT2D eigenvalue weighted by Gasteiger charge is 2.47. The highest BCUT2D eigenvalue weighted by Crippen LogP contribution is 2.43. The summed E-state index contributed by atoms with van der Waals surface area (Å²) in [6, 6.07) is 31.1. The van der Waals surface area contributed by atoms with Crippen molar-refractivity contribution >= 4 is 30.6 Å². The van der Waals surface area contributed by atoms with E-state index in [0.717, 1.165) is 51.0 Å². The number of rotatable bonds is 8. The molecule has 0 radical (unpaired) electrons. The van der Waals surface area contributed by atoms with Gasteiger partial charge >= 0.3 is 0 Å². The topological polar surface area (TPSA) is 43.8 Å². The van der Waals surface area contributed by atoms with E-state index < -0.39 is 5.60 Å². The lowest BCUT2D eigenvalue weighted by atomic mass is 9.67. The first-order chi connectivity index (χ1) is 16.7. The molecule has 6 heteroatoms. The van der Waals surface area contributed by atoms with Gasteiger partial charge in [-0.3, -0.25) is 14.6 Å². The fourth-order valence-corrected chi connectivity index (χ4v) is 5.53. The van der Waals surface area contributed by atoms with Crippen molar-refractivity contribution in [3.8, 4) is 0 Å². The first kappa shape index (κ1) is 28.4. The van der Waals surface area contributed by atoms with Crippen molar-refractivity contribution < 1.29 is 9.90 Å². The van der Waals surface area contributed by atoms with E-state index in [2.05, 4.69) is 70.5 Å². The summed E-state index contributed by atoms with van der Waals surface area (Å²) in [5, 5.41) is 11.7. The number of ketones is 1. The van der Waals surface area contributed by atoms with Gasteiger partial charge in [0.2, 0.25) is 0 Å². The Labute approximate surface area is 227 Å². The standard InChI is InChI=1S/C30H34N2O2.2ClH/c33-28(30(34,27-17-10-18-27)26-15-8-3-9-16-26)23-31-19-21-32(22-20-31)29(24-11-4-1-5-12-24)25-13-6-2-7-14-25;;/h1-9,11-16,27,29,34H,10,17-23H2;2*1H. The highest BCUT2D eigenvalue weighted by molar-refractivity contribution is 5.90. The van der Waals surface area contributed by atoms with E-state index in [9.17, 15) is 9.90 Å².